The fraction of sp³-hybridized carbons (Fsp3) is 0. The van der Waals surface area contributed by atoms with Crippen LogP contribution in [-0.4, -0.2) is 58.3 Å². The maximum absolute atomic E-state index is 2.32. The Morgan fingerprint density at radius 1 is 1.14 bits per heavy atom. The molecule has 0 atom stereocenters. The van der Waals surface area contributed by atoms with Crippen LogP contribution in [0.5, 0.6) is 0 Å². The molecular weight excluding hydrogens is 460 g/mol. The van der Waals surface area contributed by atoms with Gasteiger partial charge in [-0.3, -0.25) is 0 Å². The van der Waals surface area contributed by atoms with Crippen LogP contribution in [0.3, 0.4) is 0 Å². The fourth-order valence-electron chi connectivity index (χ4n) is 0. The Kier molecular flexibility index (Phi) is 255. The predicted octanol–water partition coefficient (Wildman–Crippen LogP) is -12.2. The third-order valence-electron chi connectivity index (χ3n) is 0. The van der Waals surface area contributed by atoms with Gasteiger partial charge in [0.1, 0.15) is 0 Å². The summed E-state index contributed by atoms with van der Waals surface area (Å²) in [5.74, 6) is 0. The van der Waals surface area contributed by atoms with Crippen LogP contribution in [0.25, 0.3) is 0 Å². The van der Waals surface area contributed by atoms with Crippen LogP contribution in [0, 0.1) is 0 Å². The minimum absolute atomic E-state index is 0. The van der Waals surface area contributed by atoms with Gasteiger partial charge in [-0.15, -0.1) is 0 Å². The molecule has 0 N–H and O–H groups in total. The van der Waals surface area contributed by atoms with Gasteiger partial charge in [-0.25, -0.2) is 0 Å². The molecule has 0 aromatic rings. The third-order valence-corrected chi connectivity index (χ3v) is 0. The normalized spacial score (nSPS) is 0.857. The summed E-state index contributed by atoms with van der Waals surface area (Å²) in [5.41, 5.74) is 0. The van der Waals surface area contributed by atoms with Crippen LogP contribution < -0.4 is 79.7 Å². The molecule has 0 fully saturated rings. The molecule has 0 aromatic carbocycles. The molecule has 0 aliphatic rings. The Bertz CT molecular complexity index is 24.5. The summed E-state index contributed by atoms with van der Waals surface area (Å²) in [6.45, 7) is 0. The summed E-state index contributed by atoms with van der Waals surface area (Å²) in [6.07, 6.45) is 0. The first-order chi connectivity index (χ1) is 1.00. The fourth-order valence-corrected chi connectivity index (χ4v) is 0. The molecule has 0 saturated carbocycles. The third kappa shape index (κ3) is 35.7. The molecule has 7 heavy (non-hydrogen) atoms. The van der Waals surface area contributed by atoms with Crippen LogP contribution in [0.15, 0.2) is 0 Å². The van der Waals surface area contributed by atoms with Crippen LogP contribution in [-0.2, 0) is 0 Å². The number of rotatable bonds is 0. The molecule has 0 bridgehead atoms. The van der Waals surface area contributed by atoms with Crippen molar-refractivity contribution in [2.75, 3.05) is 0 Å². The second-order valence-corrected chi connectivity index (χ2v) is 0. The predicted molar refractivity (Wildman–Crippen MR) is 30.5 cm³/mol. The van der Waals surface area contributed by atoms with Crippen LogP contribution in [0.1, 0.15) is 2.85 Å². The van der Waals surface area contributed by atoms with E-state index in [1.54, 1.807) is 0 Å². The SMILES string of the molecule is [Ca+2].[F-].[F-].[H-].[H-].[I][BiH2].[K+].[Li+]. The van der Waals surface area contributed by atoms with E-state index in [0.717, 1.165) is 20.5 Å². The molecule has 0 heterocycles. The van der Waals surface area contributed by atoms with Crippen molar-refractivity contribution >= 4 is 76.3 Å². The molecule has 0 aliphatic heterocycles. The average Bonchev–Trinajstić information content (AvgIpc) is 1.00. The molecule has 0 radical (unpaired) electrons. The van der Waals surface area contributed by atoms with Crippen molar-refractivity contribution in [3.8, 4) is 0 Å². The van der Waals surface area contributed by atoms with Crippen molar-refractivity contribution in [1.82, 2.24) is 0 Å². The van der Waals surface area contributed by atoms with Gasteiger partial charge in [0, 0.05) is 0 Å². The molecule has 0 unspecified atom stereocenters. The Morgan fingerprint density at radius 2 is 1.14 bits per heavy atom. The summed E-state index contributed by atoms with van der Waals surface area (Å²) in [7, 11) is 0. The van der Waals surface area contributed by atoms with Crippen molar-refractivity contribution in [3.63, 3.8) is 0 Å². The van der Waals surface area contributed by atoms with E-state index in [9.17, 15) is 0 Å². The first-order valence-corrected chi connectivity index (χ1v) is 12.8. The minimum atomic E-state index is 0. The monoisotopic (exact) mass is 464 g/mol. The quantitative estimate of drug-likeness (QED) is 0.247. The topological polar surface area (TPSA) is 0 Å². The van der Waals surface area contributed by atoms with Crippen LogP contribution >= 0.6 is 18.0 Å². The maximum Gasteiger partial charge on any atom is 1.00 e. The van der Waals surface area contributed by atoms with E-state index in [2.05, 4.69) is 18.0 Å². The number of hydrogen-bond donors (Lipinski definition) is 0. The molecule has 0 aromatic heterocycles. The van der Waals surface area contributed by atoms with Crippen LogP contribution in [0.4, 0.5) is 0 Å². The van der Waals surface area contributed by atoms with E-state index >= 15 is 0 Å². The van der Waals surface area contributed by atoms with Gasteiger partial charge in [-0.1, -0.05) is 0 Å². The zero-order valence-electron chi connectivity index (χ0n) is 6.42. The largest absolute Gasteiger partial charge is 1.00 e. The first kappa shape index (κ1) is 40.4. The summed E-state index contributed by atoms with van der Waals surface area (Å²) >= 11 is 3.45. The Hall–Kier alpha value is 4.97. The summed E-state index contributed by atoms with van der Waals surface area (Å²) in [5, 5.41) is 0. The molecule has 0 saturated heterocycles. The Balaban J connectivity index is -0.000000000238. The smallest absolute Gasteiger partial charge is 1.00 e. The summed E-state index contributed by atoms with van der Waals surface area (Å²) in [4.78, 5) is 0. The van der Waals surface area contributed by atoms with Gasteiger partial charge in [0.05, 0.1) is 0 Å². The Morgan fingerprint density at radius 3 is 1.14 bits per heavy atom. The number of halogens is 3. The van der Waals surface area contributed by atoms with Gasteiger partial charge in [-0.2, -0.15) is 0 Å². The van der Waals surface area contributed by atoms with Crippen molar-refractivity contribution in [3.05, 3.63) is 0 Å². The average molecular weight is 464 g/mol. The van der Waals surface area contributed by atoms with E-state index in [0.29, 0.717) is 0 Å². The second-order valence-electron chi connectivity index (χ2n) is 0. The van der Waals surface area contributed by atoms with Crippen molar-refractivity contribution in [2.45, 2.75) is 0 Å². The molecule has 7 heteroatoms. The Labute approximate surface area is 154 Å². The summed E-state index contributed by atoms with van der Waals surface area (Å²) in [6, 6.07) is 0. The van der Waals surface area contributed by atoms with Gasteiger partial charge in [-0.05, 0) is 0 Å². The second kappa shape index (κ2) is 44.2. The zero-order chi connectivity index (χ0) is 2.00. The zero-order valence-corrected chi connectivity index (χ0v) is 16.4. The van der Waals surface area contributed by atoms with Gasteiger partial charge in [0.25, 0.3) is 0 Å². The molecule has 34 valence electrons. The molecule has 0 amide bonds. The van der Waals surface area contributed by atoms with E-state index in [-0.39, 0.29) is 120 Å². The van der Waals surface area contributed by atoms with Crippen molar-refractivity contribution in [2.24, 2.45) is 0 Å². The molecular formula is H4BiCaF2IKLi. The van der Waals surface area contributed by atoms with Gasteiger partial charge in [0.15, 0.2) is 0 Å². The van der Waals surface area contributed by atoms with E-state index in [1.165, 1.54) is 0 Å². The van der Waals surface area contributed by atoms with E-state index in [4.69, 9.17) is 0 Å². The molecule has 0 nitrogen and oxygen atoms in total. The van der Waals surface area contributed by atoms with Gasteiger partial charge < -0.3 is 12.3 Å². The van der Waals surface area contributed by atoms with Crippen molar-refractivity contribution in [1.29, 1.82) is 0 Å². The maximum atomic E-state index is 2.32. The minimum Gasteiger partial charge on any atom is 1.00 e. The van der Waals surface area contributed by atoms with E-state index < -0.39 is 0 Å². The van der Waals surface area contributed by atoms with Crippen molar-refractivity contribution < 1.29 is 82.5 Å². The number of hydrogen-bond acceptors (Lipinski definition) is 0. The van der Waals surface area contributed by atoms with E-state index in [1.807, 2.05) is 0 Å². The molecule has 0 aliphatic carbocycles. The molecule has 0 rings (SSSR count). The first-order valence-electron chi connectivity index (χ1n) is 0.218. The van der Waals surface area contributed by atoms with Crippen LogP contribution in [0.2, 0.25) is 0 Å². The standard InChI is InChI=1S/Bi.Ca.2FH.HI.K.Li.4H/h;;3*1H;;;;;;/q+1;+2;;;;2*+1;;;2*-1/p-3. The van der Waals surface area contributed by atoms with Gasteiger partial charge >= 0.3 is 147 Å². The van der Waals surface area contributed by atoms with Gasteiger partial charge in [0.2, 0.25) is 0 Å². The molecule has 0 spiro atoms. The summed E-state index contributed by atoms with van der Waals surface area (Å²) < 4.78 is 0.